The van der Waals surface area contributed by atoms with Gasteiger partial charge in [-0.15, -0.1) is 0 Å². The summed E-state index contributed by atoms with van der Waals surface area (Å²) < 4.78 is 4.80. The lowest BCUT2D eigenvalue weighted by molar-refractivity contribution is 0.0599. The van der Waals surface area contributed by atoms with Gasteiger partial charge in [0.25, 0.3) is 0 Å². The van der Waals surface area contributed by atoms with Gasteiger partial charge < -0.3 is 4.74 Å². The molecule has 0 heterocycles. The third kappa shape index (κ3) is 2.96. The number of methoxy groups -OCH3 is 1. The fourth-order valence-electron chi connectivity index (χ4n) is 2.03. The van der Waals surface area contributed by atoms with E-state index in [-0.39, 0.29) is 5.97 Å². The molecule has 0 saturated carbocycles. The third-order valence-corrected chi connectivity index (χ3v) is 3.59. The summed E-state index contributed by atoms with van der Waals surface area (Å²) >= 11 is 6.12. The molecule has 0 amide bonds. The Kier molecular flexibility index (Phi) is 4.23. The minimum absolute atomic E-state index is 0.310. The number of hydrogen-bond acceptors (Lipinski definition) is 2. The highest BCUT2D eigenvalue weighted by Gasteiger charge is 2.12. The summed E-state index contributed by atoms with van der Waals surface area (Å²) in [6.45, 7) is 1.98. The van der Waals surface area contributed by atoms with Crippen LogP contribution in [-0.4, -0.2) is 13.1 Å². The van der Waals surface area contributed by atoms with E-state index in [2.05, 4.69) is 0 Å². The van der Waals surface area contributed by atoms with E-state index in [4.69, 9.17) is 16.3 Å². The van der Waals surface area contributed by atoms with E-state index in [0.717, 1.165) is 21.7 Å². The van der Waals surface area contributed by atoms with Crippen LogP contribution in [0.3, 0.4) is 0 Å². The molecule has 0 saturated heterocycles. The van der Waals surface area contributed by atoms with Gasteiger partial charge in [-0.25, -0.2) is 4.79 Å². The first-order valence-electron chi connectivity index (χ1n) is 6.03. The molecule has 0 aliphatic rings. The zero-order chi connectivity index (χ0) is 13.8. The van der Waals surface area contributed by atoms with E-state index in [1.54, 1.807) is 6.07 Å². The van der Waals surface area contributed by atoms with Gasteiger partial charge >= 0.3 is 5.97 Å². The molecule has 3 heteroatoms. The van der Waals surface area contributed by atoms with Crippen LogP contribution in [0.1, 0.15) is 27.0 Å². The second-order valence-electron chi connectivity index (χ2n) is 4.35. The first-order chi connectivity index (χ1) is 9.13. The van der Waals surface area contributed by atoms with Gasteiger partial charge in [-0.1, -0.05) is 41.9 Å². The molecule has 0 aliphatic carbocycles. The minimum atomic E-state index is -0.310. The fraction of sp³-hybridized carbons (Fsp3) is 0.188. The average Bonchev–Trinajstić information content (AvgIpc) is 2.43. The van der Waals surface area contributed by atoms with E-state index in [1.165, 1.54) is 7.11 Å². The molecule has 98 valence electrons. The molecule has 0 radical (unpaired) electrons. The standard InChI is InChI=1S/C16H15ClO2/c1-11-12(7-5-9-15(11)17)10-13-6-3-4-8-14(13)16(18)19-2/h3-9H,10H2,1-2H3. The average molecular weight is 275 g/mol. The van der Waals surface area contributed by atoms with Gasteiger partial charge in [0, 0.05) is 5.02 Å². The number of rotatable bonds is 3. The maximum atomic E-state index is 11.7. The third-order valence-electron chi connectivity index (χ3n) is 3.18. The Morgan fingerprint density at radius 3 is 2.53 bits per heavy atom. The molecule has 0 aromatic heterocycles. The summed E-state index contributed by atoms with van der Waals surface area (Å²) in [7, 11) is 1.39. The number of ether oxygens (including phenoxy) is 1. The normalized spacial score (nSPS) is 10.3. The zero-order valence-corrected chi connectivity index (χ0v) is 11.7. The highest BCUT2D eigenvalue weighted by Crippen LogP contribution is 2.23. The van der Waals surface area contributed by atoms with Crippen LogP contribution in [0.5, 0.6) is 0 Å². The summed E-state index contributed by atoms with van der Waals surface area (Å²) in [4.78, 5) is 11.7. The molecule has 0 fully saturated rings. The van der Waals surface area contributed by atoms with E-state index in [1.807, 2.05) is 43.3 Å². The molecular formula is C16H15ClO2. The van der Waals surface area contributed by atoms with Gasteiger partial charge in [0.15, 0.2) is 0 Å². The van der Waals surface area contributed by atoms with Crippen LogP contribution in [0.25, 0.3) is 0 Å². The van der Waals surface area contributed by atoms with Gasteiger partial charge in [0.1, 0.15) is 0 Å². The Morgan fingerprint density at radius 1 is 1.11 bits per heavy atom. The lowest BCUT2D eigenvalue weighted by Crippen LogP contribution is -2.06. The SMILES string of the molecule is COC(=O)c1ccccc1Cc1cccc(Cl)c1C. The molecule has 2 aromatic carbocycles. The van der Waals surface area contributed by atoms with E-state index < -0.39 is 0 Å². The van der Waals surface area contributed by atoms with Crippen molar-refractivity contribution in [2.75, 3.05) is 7.11 Å². The minimum Gasteiger partial charge on any atom is -0.465 e. The van der Waals surface area contributed by atoms with Gasteiger partial charge in [0.05, 0.1) is 12.7 Å². The number of hydrogen-bond donors (Lipinski definition) is 0. The molecule has 0 spiro atoms. The molecule has 2 aromatic rings. The van der Waals surface area contributed by atoms with Gasteiger partial charge in [-0.05, 0) is 42.2 Å². The molecule has 0 unspecified atom stereocenters. The van der Waals surface area contributed by atoms with Crippen LogP contribution in [0.2, 0.25) is 5.02 Å². The second-order valence-corrected chi connectivity index (χ2v) is 4.76. The Balaban J connectivity index is 2.39. The predicted molar refractivity (Wildman–Crippen MR) is 76.8 cm³/mol. The summed E-state index contributed by atoms with van der Waals surface area (Å²) in [5.74, 6) is -0.310. The number of esters is 1. The summed E-state index contributed by atoms with van der Waals surface area (Å²) in [5.41, 5.74) is 3.71. The van der Waals surface area contributed by atoms with Crippen molar-refractivity contribution in [3.05, 3.63) is 69.7 Å². The quantitative estimate of drug-likeness (QED) is 0.790. The van der Waals surface area contributed by atoms with Crippen LogP contribution >= 0.6 is 11.6 Å². The lowest BCUT2D eigenvalue weighted by Gasteiger charge is -2.10. The molecular weight excluding hydrogens is 260 g/mol. The summed E-state index contributed by atoms with van der Waals surface area (Å²) in [6.07, 6.45) is 0.664. The fourth-order valence-corrected chi connectivity index (χ4v) is 2.23. The van der Waals surface area contributed by atoms with Crippen LogP contribution in [0, 0.1) is 6.92 Å². The Morgan fingerprint density at radius 2 is 1.79 bits per heavy atom. The van der Waals surface area contributed by atoms with Crippen LogP contribution in [0.4, 0.5) is 0 Å². The van der Waals surface area contributed by atoms with E-state index >= 15 is 0 Å². The van der Waals surface area contributed by atoms with Crippen LogP contribution < -0.4 is 0 Å². The van der Waals surface area contributed by atoms with Crippen molar-refractivity contribution in [3.63, 3.8) is 0 Å². The number of carbonyl (C=O) groups is 1. The second kappa shape index (κ2) is 5.89. The van der Waals surface area contributed by atoms with Crippen molar-refractivity contribution < 1.29 is 9.53 Å². The number of halogens is 1. The van der Waals surface area contributed by atoms with E-state index in [9.17, 15) is 4.79 Å². The number of benzene rings is 2. The first-order valence-corrected chi connectivity index (χ1v) is 6.41. The van der Waals surface area contributed by atoms with Gasteiger partial charge in [-0.3, -0.25) is 0 Å². The summed E-state index contributed by atoms with van der Waals surface area (Å²) in [6, 6.07) is 13.3. The zero-order valence-electron chi connectivity index (χ0n) is 10.9. The number of carbonyl (C=O) groups excluding carboxylic acids is 1. The molecule has 0 atom stereocenters. The Bertz CT molecular complexity index is 605. The summed E-state index contributed by atoms with van der Waals surface area (Å²) in [5, 5.41) is 0.744. The molecule has 19 heavy (non-hydrogen) atoms. The Labute approximate surface area is 118 Å². The molecule has 0 aliphatic heterocycles. The first kappa shape index (κ1) is 13.6. The molecule has 0 bridgehead atoms. The molecule has 2 rings (SSSR count). The van der Waals surface area contributed by atoms with E-state index in [0.29, 0.717) is 12.0 Å². The van der Waals surface area contributed by atoms with Gasteiger partial charge in [0.2, 0.25) is 0 Å². The van der Waals surface area contributed by atoms with Crippen LogP contribution in [0.15, 0.2) is 42.5 Å². The highest BCUT2D eigenvalue weighted by atomic mass is 35.5. The largest absolute Gasteiger partial charge is 0.465 e. The van der Waals surface area contributed by atoms with Crippen molar-refractivity contribution >= 4 is 17.6 Å². The maximum absolute atomic E-state index is 11.7. The monoisotopic (exact) mass is 274 g/mol. The van der Waals surface area contributed by atoms with Crippen molar-refractivity contribution in [1.82, 2.24) is 0 Å². The van der Waals surface area contributed by atoms with Gasteiger partial charge in [-0.2, -0.15) is 0 Å². The topological polar surface area (TPSA) is 26.3 Å². The smallest absolute Gasteiger partial charge is 0.338 e. The Hall–Kier alpha value is -1.80. The molecule has 0 N–H and O–H groups in total. The predicted octanol–water partition coefficient (Wildman–Crippen LogP) is 4.03. The molecule has 2 nitrogen and oxygen atoms in total. The van der Waals surface area contributed by atoms with Crippen molar-refractivity contribution in [3.8, 4) is 0 Å². The van der Waals surface area contributed by atoms with Crippen molar-refractivity contribution in [1.29, 1.82) is 0 Å². The van der Waals surface area contributed by atoms with Crippen LogP contribution in [-0.2, 0) is 11.2 Å². The lowest BCUT2D eigenvalue weighted by atomic mass is 9.97. The van der Waals surface area contributed by atoms with Crippen molar-refractivity contribution in [2.24, 2.45) is 0 Å². The maximum Gasteiger partial charge on any atom is 0.338 e. The van der Waals surface area contributed by atoms with Crippen molar-refractivity contribution in [2.45, 2.75) is 13.3 Å². The highest BCUT2D eigenvalue weighted by molar-refractivity contribution is 6.31.